The largest absolute Gasteiger partial charge is 1.00 e. The van der Waals surface area contributed by atoms with E-state index < -0.39 is 24.3 Å². The van der Waals surface area contributed by atoms with Crippen LogP contribution in [0, 0.1) is 0 Å². The van der Waals surface area contributed by atoms with Gasteiger partial charge in [0.05, 0.1) is 25.2 Å². The van der Waals surface area contributed by atoms with Crippen LogP contribution in [-0.2, 0) is 12.8 Å². The Morgan fingerprint density at radius 1 is 0.575 bits per heavy atom. The Labute approximate surface area is 253 Å². The molecule has 0 aliphatic carbocycles. The number of urea groups is 1. The minimum Gasteiger partial charge on any atom is -1.00 e. The molecule has 1 saturated heterocycles. The number of quaternary nitrogens is 2. The molecule has 9 heteroatoms. The molecule has 0 aromatic heterocycles. The van der Waals surface area contributed by atoms with Gasteiger partial charge in [0, 0.05) is 13.1 Å². The molecule has 2 amide bonds. The first-order valence-corrected chi connectivity index (χ1v) is 14.7. The molecule has 1 fully saturated rings. The highest BCUT2D eigenvalue weighted by Crippen LogP contribution is 2.28. The third-order valence-electron chi connectivity index (χ3n) is 7.80. The summed E-state index contributed by atoms with van der Waals surface area (Å²) in [5.41, 5.74) is 9.99. The van der Waals surface area contributed by atoms with Gasteiger partial charge >= 0.3 is 6.03 Å². The summed E-state index contributed by atoms with van der Waals surface area (Å²) in [5, 5.41) is 23.3. The molecule has 226 valence electrons. The fourth-order valence-electron chi connectivity index (χ4n) is 5.59. The number of unbranched alkanes of at least 4 members (excludes halogenated alkanes) is 6. The zero-order chi connectivity index (χ0) is 27.2. The molecule has 0 saturated carbocycles. The van der Waals surface area contributed by atoms with Crippen molar-refractivity contribution in [3.63, 3.8) is 0 Å². The van der Waals surface area contributed by atoms with Crippen molar-refractivity contribution < 1.29 is 51.3 Å². The summed E-state index contributed by atoms with van der Waals surface area (Å²) >= 11 is 0. The normalized spacial score (nSPS) is 20.9. The Bertz CT molecular complexity index is 852. The molecule has 1 heterocycles. The van der Waals surface area contributed by atoms with Crippen LogP contribution in [0.1, 0.15) is 62.5 Å². The Morgan fingerprint density at radius 3 is 1.27 bits per heavy atom. The van der Waals surface area contributed by atoms with Crippen LogP contribution in [0.25, 0.3) is 0 Å². The maximum Gasteiger partial charge on any atom is 0.320 e. The number of hydrogen-bond donors (Lipinski definition) is 4. The van der Waals surface area contributed by atoms with Crippen LogP contribution in [0.3, 0.4) is 0 Å². The molecule has 1 aliphatic rings. The highest BCUT2D eigenvalue weighted by atomic mass is 35.5. The van der Waals surface area contributed by atoms with Crippen molar-refractivity contribution in [1.82, 2.24) is 9.80 Å². The van der Waals surface area contributed by atoms with E-state index in [2.05, 4.69) is 11.5 Å². The monoisotopic (exact) mass is 596 g/mol. The first-order valence-electron chi connectivity index (χ1n) is 14.7. The van der Waals surface area contributed by atoms with Gasteiger partial charge < -0.3 is 56.3 Å². The fraction of sp³-hybridized carbons (Fsp3) is 0.581. The summed E-state index contributed by atoms with van der Waals surface area (Å²) in [7, 11) is 0. The van der Waals surface area contributed by atoms with Gasteiger partial charge in [-0.15, -0.1) is 0 Å². The minimum absolute atomic E-state index is 0. The van der Waals surface area contributed by atoms with Crippen molar-refractivity contribution in [3.05, 3.63) is 71.8 Å². The molecule has 2 aromatic carbocycles. The maximum atomic E-state index is 14.3. The Balaban J connectivity index is 0.00000400. The molecular weight excluding hydrogens is 547 g/mol. The Morgan fingerprint density at radius 2 is 0.925 bits per heavy atom. The SMILES string of the molecule is [Cl-].[Cl-].[NH3+]CCCCCCN1C(=O)N(CCCCCC[NH3+])[C@H](Cc2ccccc2)[C@H](O)[C@@H](O)[C@H]1Cc1ccccc1. The Hall–Kier alpha value is -1.87. The smallest absolute Gasteiger partial charge is 0.320 e. The van der Waals surface area contributed by atoms with Crippen LogP contribution >= 0.6 is 0 Å². The lowest BCUT2D eigenvalue weighted by atomic mass is 9.91. The van der Waals surface area contributed by atoms with Crippen molar-refractivity contribution in [1.29, 1.82) is 0 Å². The summed E-state index contributed by atoms with van der Waals surface area (Å²) in [4.78, 5) is 18.0. The molecule has 2 aromatic rings. The van der Waals surface area contributed by atoms with E-state index in [-0.39, 0.29) is 30.8 Å². The molecule has 3 rings (SSSR count). The van der Waals surface area contributed by atoms with Crippen LogP contribution in [0.15, 0.2) is 60.7 Å². The van der Waals surface area contributed by atoms with E-state index >= 15 is 0 Å². The van der Waals surface area contributed by atoms with E-state index in [1.807, 2.05) is 70.5 Å². The molecule has 0 bridgehead atoms. The second-order valence-electron chi connectivity index (χ2n) is 10.7. The molecule has 7 nitrogen and oxygen atoms in total. The average molecular weight is 598 g/mol. The van der Waals surface area contributed by atoms with E-state index in [1.54, 1.807) is 0 Å². The van der Waals surface area contributed by atoms with Crippen LogP contribution in [-0.4, -0.2) is 76.5 Å². The molecule has 4 atom stereocenters. The summed E-state index contributed by atoms with van der Waals surface area (Å²) in [6.07, 6.45) is 7.09. The molecule has 40 heavy (non-hydrogen) atoms. The van der Waals surface area contributed by atoms with E-state index in [0.717, 1.165) is 75.6 Å². The first kappa shape index (κ1) is 36.2. The van der Waals surface area contributed by atoms with Gasteiger partial charge in [0.2, 0.25) is 0 Å². The van der Waals surface area contributed by atoms with E-state index in [4.69, 9.17) is 0 Å². The zero-order valence-corrected chi connectivity index (χ0v) is 25.4. The lowest BCUT2D eigenvalue weighted by molar-refractivity contribution is -0.368. The standard InChI is InChI=1S/C31H48N4O3.2ClH/c32-19-11-1-3-13-21-34-27(23-25-15-7-5-8-16-25)29(36)30(37)28(24-26-17-9-6-10-18-26)35(31(34)38)22-14-4-2-12-20-33;;/h5-10,15-18,27-30,36-37H,1-4,11-14,19-24,32-33H2;2*1H/t27-,28-,29+,30+;;/m1../s1. The van der Waals surface area contributed by atoms with E-state index in [1.165, 1.54) is 0 Å². The van der Waals surface area contributed by atoms with E-state index in [0.29, 0.717) is 25.9 Å². The number of amides is 2. The van der Waals surface area contributed by atoms with Gasteiger partial charge in [-0.3, -0.25) is 0 Å². The van der Waals surface area contributed by atoms with Crippen LogP contribution < -0.4 is 36.3 Å². The minimum atomic E-state index is -1.04. The topological polar surface area (TPSA) is 119 Å². The lowest BCUT2D eigenvalue weighted by Crippen LogP contribution is -3.00. The van der Waals surface area contributed by atoms with Gasteiger partial charge in [-0.05, 0) is 62.5 Å². The van der Waals surface area contributed by atoms with Gasteiger partial charge in [-0.2, -0.15) is 0 Å². The number of benzene rings is 2. The van der Waals surface area contributed by atoms with Crippen LogP contribution in [0.4, 0.5) is 4.79 Å². The third kappa shape index (κ3) is 10.8. The van der Waals surface area contributed by atoms with E-state index in [9.17, 15) is 15.0 Å². The number of halogens is 2. The number of rotatable bonds is 16. The van der Waals surface area contributed by atoms with Crippen molar-refractivity contribution in [2.45, 2.75) is 88.5 Å². The summed E-state index contributed by atoms with van der Waals surface area (Å²) in [5.74, 6) is 0. The molecule has 1 aliphatic heterocycles. The second kappa shape index (κ2) is 20.1. The molecule has 0 unspecified atom stereocenters. The van der Waals surface area contributed by atoms with Gasteiger partial charge in [0.25, 0.3) is 0 Å². The summed E-state index contributed by atoms with van der Waals surface area (Å²) in [6.45, 7) is 3.00. The molecule has 8 N–H and O–H groups in total. The van der Waals surface area contributed by atoms with Gasteiger partial charge in [0.15, 0.2) is 0 Å². The average Bonchev–Trinajstić information content (AvgIpc) is 3.00. The lowest BCUT2D eigenvalue weighted by Gasteiger charge is -2.35. The Kier molecular flexibility index (Phi) is 18.2. The molecule has 0 radical (unpaired) electrons. The molecular formula is C31H50Cl2N4O3. The summed E-state index contributed by atoms with van der Waals surface area (Å²) < 4.78 is 0. The highest BCUT2D eigenvalue weighted by molar-refractivity contribution is 5.76. The number of aliphatic hydroxyl groups is 2. The van der Waals surface area contributed by atoms with Crippen molar-refractivity contribution >= 4 is 6.03 Å². The zero-order valence-electron chi connectivity index (χ0n) is 23.8. The highest BCUT2D eigenvalue weighted by Gasteiger charge is 2.45. The number of aliphatic hydroxyl groups excluding tert-OH is 2. The number of hydrogen-bond acceptors (Lipinski definition) is 3. The predicted octanol–water partition coefficient (Wildman–Crippen LogP) is -3.72. The summed E-state index contributed by atoms with van der Waals surface area (Å²) in [6, 6.07) is 19.0. The first-order chi connectivity index (χ1) is 18.6. The van der Waals surface area contributed by atoms with Crippen LogP contribution in [0.2, 0.25) is 0 Å². The number of nitrogens with zero attached hydrogens (tertiary/aromatic N) is 2. The quantitative estimate of drug-likeness (QED) is 0.149. The number of carbonyl (C=O) groups excluding carboxylic acids is 1. The second-order valence-corrected chi connectivity index (χ2v) is 10.7. The maximum absolute atomic E-state index is 14.3. The third-order valence-corrected chi connectivity index (χ3v) is 7.80. The van der Waals surface area contributed by atoms with Gasteiger partial charge in [-0.1, -0.05) is 73.5 Å². The van der Waals surface area contributed by atoms with Crippen molar-refractivity contribution in [3.8, 4) is 0 Å². The molecule has 0 spiro atoms. The number of carbonyl (C=O) groups is 1. The van der Waals surface area contributed by atoms with Gasteiger partial charge in [0.1, 0.15) is 12.2 Å². The van der Waals surface area contributed by atoms with Crippen LogP contribution in [0.5, 0.6) is 0 Å². The van der Waals surface area contributed by atoms with Gasteiger partial charge in [-0.25, -0.2) is 4.79 Å². The van der Waals surface area contributed by atoms with Crippen molar-refractivity contribution in [2.75, 3.05) is 26.2 Å². The van der Waals surface area contributed by atoms with Crippen molar-refractivity contribution in [2.24, 2.45) is 0 Å². The predicted molar refractivity (Wildman–Crippen MR) is 151 cm³/mol. The fourth-order valence-corrected chi connectivity index (χ4v) is 5.59.